The van der Waals surface area contributed by atoms with Crippen molar-refractivity contribution in [2.75, 3.05) is 0 Å². The van der Waals surface area contributed by atoms with Crippen molar-refractivity contribution < 1.29 is 9.53 Å². The predicted octanol–water partition coefficient (Wildman–Crippen LogP) is 2.72. The van der Waals surface area contributed by atoms with Gasteiger partial charge >= 0.3 is 0 Å². The number of hydrogen-bond acceptors (Lipinski definition) is 3. The maximum atomic E-state index is 12.5. The van der Waals surface area contributed by atoms with Gasteiger partial charge in [0.15, 0.2) is 5.78 Å². The minimum atomic E-state index is -1.06. The van der Waals surface area contributed by atoms with E-state index in [1.54, 1.807) is 19.1 Å². The fourth-order valence-electron chi connectivity index (χ4n) is 2.46. The first-order chi connectivity index (χ1) is 9.10. The Bertz CT molecular complexity index is 620. The van der Waals surface area contributed by atoms with Crippen LogP contribution < -0.4 is 10.5 Å². The van der Waals surface area contributed by atoms with Gasteiger partial charge in [-0.15, -0.1) is 0 Å². The van der Waals surface area contributed by atoms with Crippen LogP contribution >= 0.6 is 0 Å². The second kappa shape index (κ2) is 4.21. The van der Waals surface area contributed by atoms with Crippen molar-refractivity contribution in [1.29, 1.82) is 0 Å². The van der Waals surface area contributed by atoms with Crippen LogP contribution in [-0.4, -0.2) is 11.3 Å². The van der Waals surface area contributed by atoms with Crippen LogP contribution in [0.5, 0.6) is 5.75 Å². The number of ether oxygens (including phenoxy) is 1. The van der Waals surface area contributed by atoms with E-state index in [0.29, 0.717) is 11.3 Å². The molecule has 0 amide bonds. The summed E-state index contributed by atoms with van der Waals surface area (Å²) in [5.41, 5.74) is 6.65. The van der Waals surface area contributed by atoms with Crippen molar-refractivity contribution in [2.45, 2.75) is 18.6 Å². The topological polar surface area (TPSA) is 52.3 Å². The van der Waals surface area contributed by atoms with E-state index in [4.69, 9.17) is 10.5 Å². The number of Topliss-reactive ketones (excluding diaryl/α,β-unsaturated/α-hetero) is 1. The predicted molar refractivity (Wildman–Crippen MR) is 73.2 cm³/mol. The molecule has 2 aromatic carbocycles. The molecule has 3 nitrogen and oxygen atoms in total. The Morgan fingerprint density at radius 1 is 1.05 bits per heavy atom. The molecule has 96 valence electrons. The third kappa shape index (κ3) is 1.83. The summed E-state index contributed by atoms with van der Waals surface area (Å²) in [7, 11) is 0. The van der Waals surface area contributed by atoms with E-state index in [1.165, 1.54) is 0 Å². The minimum absolute atomic E-state index is 0.0804. The average Bonchev–Trinajstić information content (AvgIpc) is 2.44. The first kappa shape index (κ1) is 11.9. The molecule has 3 heteroatoms. The van der Waals surface area contributed by atoms with Gasteiger partial charge in [-0.1, -0.05) is 42.5 Å². The van der Waals surface area contributed by atoms with E-state index in [1.807, 2.05) is 42.5 Å². The van der Waals surface area contributed by atoms with Crippen molar-refractivity contribution >= 4 is 5.78 Å². The Morgan fingerprint density at radius 2 is 1.68 bits per heavy atom. The van der Waals surface area contributed by atoms with Gasteiger partial charge in [0, 0.05) is 0 Å². The summed E-state index contributed by atoms with van der Waals surface area (Å²) in [6, 6.07) is 16.8. The molecule has 2 atom stereocenters. The van der Waals surface area contributed by atoms with Gasteiger partial charge in [-0.2, -0.15) is 0 Å². The van der Waals surface area contributed by atoms with Crippen LogP contribution in [0, 0.1) is 0 Å². The van der Waals surface area contributed by atoms with Gasteiger partial charge in [0.05, 0.1) is 5.56 Å². The number of fused-ring (bicyclic) bond motifs is 1. The molecule has 0 unspecified atom stereocenters. The van der Waals surface area contributed by atoms with Crippen molar-refractivity contribution in [2.24, 2.45) is 5.73 Å². The quantitative estimate of drug-likeness (QED) is 0.850. The minimum Gasteiger partial charge on any atom is -0.483 e. The summed E-state index contributed by atoms with van der Waals surface area (Å²) >= 11 is 0. The number of nitrogens with two attached hydrogens (primary N) is 1. The van der Waals surface area contributed by atoms with Crippen molar-refractivity contribution in [3.63, 3.8) is 0 Å². The molecule has 0 aromatic heterocycles. The van der Waals surface area contributed by atoms with Gasteiger partial charge in [0.2, 0.25) is 0 Å². The molecule has 0 radical (unpaired) electrons. The van der Waals surface area contributed by atoms with E-state index in [-0.39, 0.29) is 5.78 Å². The smallest absolute Gasteiger partial charge is 0.190 e. The van der Waals surface area contributed by atoms with Gasteiger partial charge in [-0.05, 0) is 24.6 Å². The molecule has 0 saturated heterocycles. The maximum Gasteiger partial charge on any atom is 0.190 e. The third-order valence-corrected chi connectivity index (χ3v) is 3.51. The van der Waals surface area contributed by atoms with Gasteiger partial charge in [-0.25, -0.2) is 0 Å². The number of rotatable bonds is 1. The van der Waals surface area contributed by atoms with E-state index >= 15 is 0 Å². The number of benzene rings is 2. The van der Waals surface area contributed by atoms with Crippen molar-refractivity contribution in [3.8, 4) is 5.75 Å². The van der Waals surface area contributed by atoms with Crippen LogP contribution in [0.2, 0.25) is 0 Å². The number of ketones is 1. The number of hydrogen-bond donors (Lipinski definition) is 1. The van der Waals surface area contributed by atoms with Crippen LogP contribution in [0.15, 0.2) is 54.6 Å². The van der Waals surface area contributed by atoms with E-state index in [0.717, 1.165) is 5.56 Å². The lowest BCUT2D eigenvalue weighted by molar-refractivity contribution is 0.0601. The standard InChI is InChI=1S/C16H15NO2/c1-16(17)14(18)12-9-5-6-10-13(12)19-15(16)11-7-3-2-4-8-11/h2-10,15H,17H2,1H3/t15-,16-/m1/s1. The zero-order chi connectivity index (χ0) is 13.5. The Morgan fingerprint density at radius 3 is 2.42 bits per heavy atom. The number of carbonyl (C=O) groups is 1. The van der Waals surface area contributed by atoms with Gasteiger partial charge in [0.25, 0.3) is 0 Å². The number of carbonyl (C=O) groups excluding carboxylic acids is 1. The Kier molecular flexibility index (Phi) is 2.64. The van der Waals surface area contributed by atoms with Gasteiger partial charge in [-0.3, -0.25) is 4.79 Å². The highest BCUT2D eigenvalue weighted by Crippen LogP contribution is 2.39. The summed E-state index contributed by atoms with van der Waals surface area (Å²) in [6.45, 7) is 1.73. The molecule has 0 spiro atoms. The second-order valence-electron chi connectivity index (χ2n) is 5.02. The fraction of sp³-hybridized carbons (Fsp3) is 0.188. The van der Waals surface area contributed by atoms with Crippen LogP contribution in [-0.2, 0) is 0 Å². The molecule has 2 aromatic rings. The van der Waals surface area contributed by atoms with Crippen LogP contribution in [0.1, 0.15) is 28.9 Å². The summed E-state index contributed by atoms with van der Waals surface area (Å²) in [5.74, 6) is 0.521. The molecule has 0 aliphatic carbocycles. The van der Waals surface area contributed by atoms with Gasteiger partial charge in [0.1, 0.15) is 17.4 Å². The molecule has 1 aliphatic rings. The molecule has 1 aliphatic heterocycles. The van der Waals surface area contributed by atoms with Gasteiger partial charge < -0.3 is 10.5 Å². The zero-order valence-corrected chi connectivity index (χ0v) is 10.7. The molecule has 0 saturated carbocycles. The van der Waals surface area contributed by atoms with E-state index < -0.39 is 11.6 Å². The monoisotopic (exact) mass is 253 g/mol. The highest BCUT2D eigenvalue weighted by atomic mass is 16.5. The summed E-state index contributed by atoms with van der Waals surface area (Å²) in [4.78, 5) is 12.5. The fourth-order valence-corrected chi connectivity index (χ4v) is 2.46. The molecule has 3 rings (SSSR count). The molecular formula is C16H15NO2. The molecule has 0 bridgehead atoms. The molecule has 2 N–H and O–H groups in total. The second-order valence-corrected chi connectivity index (χ2v) is 5.02. The molecule has 0 fully saturated rings. The first-order valence-electron chi connectivity index (χ1n) is 6.25. The SMILES string of the molecule is C[C@@]1(N)C(=O)c2ccccc2O[C@@H]1c1ccccc1. The van der Waals surface area contributed by atoms with Crippen LogP contribution in [0.25, 0.3) is 0 Å². The summed E-state index contributed by atoms with van der Waals surface area (Å²) in [5, 5.41) is 0. The highest BCUT2D eigenvalue weighted by Gasteiger charge is 2.45. The largest absolute Gasteiger partial charge is 0.483 e. The van der Waals surface area contributed by atoms with Crippen molar-refractivity contribution in [1.82, 2.24) is 0 Å². The third-order valence-electron chi connectivity index (χ3n) is 3.51. The van der Waals surface area contributed by atoms with E-state index in [2.05, 4.69) is 0 Å². The maximum absolute atomic E-state index is 12.5. The average molecular weight is 253 g/mol. The normalized spacial score (nSPS) is 25.6. The van der Waals surface area contributed by atoms with Crippen molar-refractivity contribution in [3.05, 3.63) is 65.7 Å². The van der Waals surface area contributed by atoms with Crippen LogP contribution in [0.3, 0.4) is 0 Å². The lowest BCUT2D eigenvalue weighted by atomic mass is 9.81. The zero-order valence-electron chi connectivity index (χ0n) is 10.7. The Balaban J connectivity index is 2.11. The molecule has 19 heavy (non-hydrogen) atoms. The highest BCUT2D eigenvalue weighted by molar-refractivity contribution is 6.06. The summed E-state index contributed by atoms with van der Waals surface area (Å²) in [6.07, 6.45) is -0.462. The number of para-hydroxylation sites is 1. The first-order valence-corrected chi connectivity index (χ1v) is 6.25. The lowest BCUT2D eigenvalue weighted by Gasteiger charge is -2.38. The Hall–Kier alpha value is -2.13. The molecule has 1 heterocycles. The Labute approximate surface area is 112 Å². The summed E-state index contributed by atoms with van der Waals surface area (Å²) < 4.78 is 5.96. The van der Waals surface area contributed by atoms with E-state index in [9.17, 15) is 4.79 Å². The molecular weight excluding hydrogens is 238 g/mol. The van der Waals surface area contributed by atoms with Crippen LogP contribution in [0.4, 0.5) is 0 Å². The lowest BCUT2D eigenvalue weighted by Crippen LogP contribution is -2.54.